The molecule has 0 radical (unpaired) electrons. The third-order valence-corrected chi connectivity index (χ3v) is 4.94. The number of halogens is 1. The Morgan fingerprint density at radius 3 is 2.80 bits per heavy atom. The van der Waals surface area contributed by atoms with Gasteiger partial charge in [0.15, 0.2) is 0 Å². The molecule has 25 heavy (non-hydrogen) atoms. The van der Waals surface area contributed by atoms with Crippen molar-refractivity contribution in [3.05, 3.63) is 74.2 Å². The Morgan fingerprint density at radius 1 is 1.28 bits per heavy atom. The zero-order valence-corrected chi connectivity index (χ0v) is 16.1. The summed E-state index contributed by atoms with van der Waals surface area (Å²) in [6, 6.07) is 13.6. The second-order valence-electron chi connectivity index (χ2n) is 6.07. The molecule has 3 aromatic rings. The van der Waals surface area contributed by atoms with Gasteiger partial charge >= 0.3 is 0 Å². The van der Waals surface area contributed by atoms with Crippen LogP contribution in [-0.2, 0) is 6.54 Å². The van der Waals surface area contributed by atoms with Gasteiger partial charge in [-0.15, -0.1) is 0 Å². The van der Waals surface area contributed by atoms with Crippen molar-refractivity contribution in [2.45, 2.75) is 26.4 Å². The topological polar surface area (TPSA) is 60.2 Å². The minimum atomic E-state index is -0.0358. The lowest BCUT2D eigenvalue weighted by Crippen LogP contribution is -2.83. The van der Waals surface area contributed by atoms with Crippen LogP contribution in [0.4, 0.5) is 0 Å². The van der Waals surface area contributed by atoms with E-state index >= 15 is 0 Å². The number of ether oxygens (including phenoxy) is 1. The molecule has 0 fully saturated rings. The molecule has 0 saturated carbocycles. The molecule has 1 aromatic carbocycles. The Hall–Kier alpha value is -2.18. The maximum Gasteiger partial charge on any atom is 0.258 e. The van der Waals surface area contributed by atoms with Gasteiger partial charge in [0.1, 0.15) is 29.7 Å². The fraction of sp³-hybridized carbons (Fsp3) is 0.263. The van der Waals surface area contributed by atoms with Gasteiger partial charge in [0.05, 0.1) is 11.6 Å². The zero-order valence-electron chi connectivity index (χ0n) is 14.5. The SMILES string of the molecule is COc1ccc([C@@H](C)[NH2+]Cc2cc(=O)n3c(C)cccc3n2)cc1Br. The molecule has 0 bridgehead atoms. The Labute approximate surface area is 154 Å². The number of nitrogens with two attached hydrogens (primary N) is 1. The Kier molecular flexibility index (Phi) is 5.20. The first kappa shape index (κ1) is 17.6. The number of fused-ring (bicyclic) bond motifs is 1. The van der Waals surface area contributed by atoms with Crippen LogP contribution in [0, 0.1) is 6.92 Å². The normalized spacial score (nSPS) is 12.3. The van der Waals surface area contributed by atoms with Crippen molar-refractivity contribution >= 4 is 21.6 Å². The van der Waals surface area contributed by atoms with E-state index in [1.54, 1.807) is 17.6 Å². The van der Waals surface area contributed by atoms with Crippen molar-refractivity contribution in [1.82, 2.24) is 9.38 Å². The quantitative estimate of drug-likeness (QED) is 0.713. The molecule has 0 aliphatic carbocycles. The predicted molar refractivity (Wildman–Crippen MR) is 101 cm³/mol. The van der Waals surface area contributed by atoms with Crippen molar-refractivity contribution in [1.29, 1.82) is 0 Å². The van der Waals surface area contributed by atoms with Crippen LogP contribution in [0.15, 0.2) is 51.7 Å². The van der Waals surface area contributed by atoms with Gasteiger partial charge in [0.2, 0.25) is 0 Å². The van der Waals surface area contributed by atoms with Gasteiger partial charge in [0.25, 0.3) is 5.56 Å². The number of pyridine rings is 1. The Morgan fingerprint density at radius 2 is 2.08 bits per heavy atom. The van der Waals surface area contributed by atoms with E-state index in [-0.39, 0.29) is 11.6 Å². The number of quaternary nitrogens is 1. The molecule has 0 amide bonds. The number of rotatable bonds is 5. The minimum absolute atomic E-state index is 0.0358. The van der Waals surface area contributed by atoms with Crippen LogP contribution in [0.1, 0.15) is 29.9 Å². The summed E-state index contributed by atoms with van der Waals surface area (Å²) in [5.41, 5.74) is 3.51. The molecule has 3 rings (SSSR count). The summed E-state index contributed by atoms with van der Waals surface area (Å²) in [5, 5.41) is 2.17. The summed E-state index contributed by atoms with van der Waals surface area (Å²) in [4.78, 5) is 16.9. The number of benzene rings is 1. The molecule has 0 aliphatic heterocycles. The molecule has 0 saturated heterocycles. The van der Waals surface area contributed by atoms with Crippen LogP contribution in [0.2, 0.25) is 0 Å². The standard InChI is InChI=1S/C19H20BrN3O2/c1-12-5-4-6-18-22-15(10-19(24)23(12)18)11-21-13(2)14-7-8-17(25-3)16(20)9-14/h4-10,13,21H,11H2,1-3H3/p+1/t13-/m1/s1. The second kappa shape index (κ2) is 7.37. The molecule has 6 heteroatoms. The van der Waals surface area contributed by atoms with Gasteiger partial charge in [-0.1, -0.05) is 6.07 Å². The summed E-state index contributed by atoms with van der Waals surface area (Å²) in [7, 11) is 1.65. The van der Waals surface area contributed by atoms with E-state index in [0.29, 0.717) is 12.2 Å². The number of aryl methyl sites for hydroxylation is 1. The third-order valence-electron chi connectivity index (χ3n) is 4.32. The van der Waals surface area contributed by atoms with Gasteiger partial charge < -0.3 is 10.1 Å². The van der Waals surface area contributed by atoms with Crippen molar-refractivity contribution in [2.75, 3.05) is 7.11 Å². The highest BCUT2D eigenvalue weighted by Gasteiger charge is 2.12. The van der Waals surface area contributed by atoms with Crippen LogP contribution in [0.5, 0.6) is 5.75 Å². The first-order valence-corrected chi connectivity index (χ1v) is 8.94. The Bertz CT molecular complexity index is 969. The summed E-state index contributed by atoms with van der Waals surface area (Å²) in [6.07, 6.45) is 0. The molecule has 1 atom stereocenters. The number of aromatic nitrogens is 2. The monoisotopic (exact) mass is 402 g/mol. The van der Waals surface area contributed by atoms with Crippen LogP contribution in [0.25, 0.3) is 5.65 Å². The smallest absolute Gasteiger partial charge is 0.258 e. The number of hydrogen-bond donors (Lipinski definition) is 1. The van der Waals surface area contributed by atoms with E-state index in [2.05, 4.69) is 45.3 Å². The molecule has 0 aliphatic rings. The van der Waals surface area contributed by atoms with Gasteiger partial charge in [-0.25, -0.2) is 4.98 Å². The molecule has 130 valence electrons. The molecule has 2 N–H and O–H groups in total. The first-order valence-electron chi connectivity index (χ1n) is 8.14. The molecular formula is C19H21BrN3O2+. The van der Waals surface area contributed by atoms with Crippen molar-refractivity contribution < 1.29 is 10.1 Å². The van der Waals surface area contributed by atoms with E-state index in [0.717, 1.165) is 21.6 Å². The van der Waals surface area contributed by atoms with Crippen LogP contribution >= 0.6 is 15.9 Å². The summed E-state index contributed by atoms with van der Waals surface area (Å²) in [6.45, 7) is 4.68. The number of nitrogens with zero attached hydrogens (tertiary/aromatic N) is 2. The van der Waals surface area contributed by atoms with Crippen LogP contribution in [-0.4, -0.2) is 16.5 Å². The molecule has 5 nitrogen and oxygen atoms in total. The molecular weight excluding hydrogens is 382 g/mol. The average molecular weight is 403 g/mol. The van der Waals surface area contributed by atoms with E-state index in [1.165, 1.54) is 5.56 Å². The highest BCUT2D eigenvalue weighted by molar-refractivity contribution is 9.10. The van der Waals surface area contributed by atoms with E-state index in [9.17, 15) is 4.79 Å². The highest BCUT2D eigenvalue weighted by atomic mass is 79.9. The van der Waals surface area contributed by atoms with E-state index in [4.69, 9.17) is 4.74 Å². The van der Waals surface area contributed by atoms with Crippen molar-refractivity contribution in [2.24, 2.45) is 0 Å². The fourth-order valence-corrected chi connectivity index (χ4v) is 3.43. The molecule has 0 unspecified atom stereocenters. The van der Waals surface area contributed by atoms with Crippen molar-refractivity contribution in [3.63, 3.8) is 0 Å². The predicted octanol–water partition coefficient (Wildman–Crippen LogP) is 2.60. The van der Waals surface area contributed by atoms with Gasteiger partial charge in [0, 0.05) is 17.3 Å². The summed E-state index contributed by atoms with van der Waals surface area (Å²) < 4.78 is 7.84. The average Bonchev–Trinajstić information content (AvgIpc) is 2.59. The van der Waals surface area contributed by atoms with Gasteiger partial charge in [-0.2, -0.15) is 0 Å². The minimum Gasteiger partial charge on any atom is -0.496 e. The number of hydrogen-bond acceptors (Lipinski definition) is 3. The third kappa shape index (κ3) is 3.75. The van der Waals surface area contributed by atoms with Gasteiger partial charge in [-0.3, -0.25) is 9.20 Å². The lowest BCUT2D eigenvalue weighted by molar-refractivity contribution is -0.708. The Balaban J connectivity index is 1.78. The number of methoxy groups -OCH3 is 1. The summed E-state index contributed by atoms with van der Waals surface area (Å²) >= 11 is 3.52. The molecule has 0 spiro atoms. The first-order chi connectivity index (χ1) is 12.0. The fourth-order valence-electron chi connectivity index (χ4n) is 2.87. The molecule has 2 heterocycles. The summed E-state index contributed by atoms with van der Waals surface area (Å²) in [5.74, 6) is 0.815. The maximum atomic E-state index is 12.3. The lowest BCUT2D eigenvalue weighted by Gasteiger charge is -2.13. The maximum absolute atomic E-state index is 12.3. The largest absolute Gasteiger partial charge is 0.496 e. The van der Waals surface area contributed by atoms with E-state index in [1.807, 2.05) is 31.2 Å². The van der Waals surface area contributed by atoms with E-state index < -0.39 is 0 Å². The second-order valence-corrected chi connectivity index (χ2v) is 6.92. The zero-order chi connectivity index (χ0) is 18.0. The van der Waals surface area contributed by atoms with Gasteiger partial charge in [-0.05, 0) is 60.1 Å². The lowest BCUT2D eigenvalue weighted by atomic mass is 10.1. The van der Waals surface area contributed by atoms with Crippen LogP contribution < -0.4 is 15.6 Å². The van der Waals surface area contributed by atoms with Crippen molar-refractivity contribution in [3.8, 4) is 5.75 Å². The molecule has 2 aromatic heterocycles. The van der Waals surface area contributed by atoms with Crippen LogP contribution in [0.3, 0.4) is 0 Å². The highest BCUT2D eigenvalue weighted by Crippen LogP contribution is 2.27.